The summed E-state index contributed by atoms with van der Waals surface area (Å²) in [7, 11) is 0. The van der Waals surface area contributed by atoms with Crippen LogP contribution in [0.3, 0.4) is 0 Å². The van der Waals surface area contributed by atoms with Gasteiger partial charge in [-0.1, -0.05) is 16.5 Å². The molecule has 0 aromatic carbocycles. The molecule has 4 N–H and O–H groups in total. The number of aromatic nitrogens is 3. The average Bonchev–Trinajstić information content (AvgIpc) is 3.65. The number of nitrogens with zero attached hydrogens (tertiary/aromatic N) is 5. The number of alkyl halides is 1. The molecule has 14 nitrogen and oxygen atoms in total. The van der Waals surface area contributed by atoms with Gasteiger partial charge in [-0.15, -0.1) is 23.1 Å². The highest BCUT2D eigenvalue weighted by molar-refractivity contribution is 8.00. The van der Waals surface area contributed by atoms with Crippen LogP contribution < -0.4 is 26.0 Å². The molecular formula is C22H21FN8O6S3. The van der Waals surface area contributed by atoms with Gasteiger partial charge in [-0.2, -0.15) is 4.40 Å². The molecule has 0 spiro atoms. The van der Waals surface area contributed by atoms with Crippen molar-refractivity contribution in [2.75, 3.05) is 24.8 Å². The van der Waals surface area contributed by atoms with Gasteiger partial charge >= 0.3 is 0 Å². The van der Waals surface area contributed by atoms with E-state index in [2.05, 4.69) is 20.8 Å². The Bertz CT molecular complexity index is 1550. The molecule has 2 atom stereocenters. The Morgan fingerprint density at radius 3 is 2.92 bits per heavy atom. The first-order valence-corrected chi connectivity index (χ1v) is 14.4. The standard InChI is InChI=1S/C22H21FN8O6S3/c23-1-3-37-28-15(12-9-40-22(24)26-12)18(33)27-16-19(34)31-17(21(35)36)11(8-39-20(16)31)6-29-7-14-30(2-4-38-14)13(29)5-25-10-32/h2,4,7,9-10,16,20H,1,3,5-6,8H2,(H4-,24,25,26,27,32,33,35,36)/b28-15-/t16-,20-/m1/s1. The summed E-state index contributed by atoms with van der Waals surface area (Å²) >= 11 is 3.81. The van der Waals surface area contributed by atoms with Crippen LogP contribution >= 0.6 is 34.4 Å². The number of hydrogen-bond donors (Lipinski definition) is 3. The first kappa shape index (κ1) is 27.5. The fourth-order valence-corrected chi connectivity index (χ4v) is 7.03. The second-order valence-electron chi connectivity index (χ2n) is 8.42. The summed E-state index contributed by atoms with van der Waals surface area (Å²) in [5.74, 6) is -2.03. The number of nitrogens with two attached hydrogens (primary N) is 1. The highest BCUT2D eigenvalue weighted by Crippen LogP contribution is 2.40. The molecule has 0 radical (unpaired) electrons. The van der Waals surface area contributed by atoms with Gasteiger partial charge < -0.3 is 31.1 Å². The minimum absolute atomic E-state index is 0.0840. The fraction of sp³-hybridized carbons (Fsp3) is 0.318. The van der Waals surface area contributed by atoms with Crippen LogP contribution in [0.2, 0.25) is 0 Å². The van der Waals surface area contributed by atoms with Gasteiger partial charge in [0.05, 0.1) is 11.7 Å². The fourth-order valence-electron chi connectivity index (χ4n) is 4.35. The first-order chi connectivity index (χ1) is 19.3. The van der Waals surface area contributed by atoms with E-state index in [4.69, 9.17) is 10.6 Å². The molecule has 2 aliphatic heterocycles. The van der Waals surface area contributed by atoms with Gasteiger partial charge in [-0.05, 0) is 0 Å². The van der Waals surface area contributed by atoms with E-state index in [0.717, 1.165) is 21.1 Å². The van der Waals surface area contributed by atoms with Gasteiger partial charge in [0, 0.05) is 22.1 Å². The molecule has 40 heavy (non-hydrogen) atoms. The van der Waals surface area contributed by atoms with Gasteiger partial charge in [-0.3, -0.25) is 19.3 Å². The van der Waals surface area contributed by atoms with E-state index in [9.17, 15) is 28.7 Å². The summed E-state index contributed by atoms with van der Waals surface area (Å²) in [5, 5.41) is 23.9. The number of fused-ring (bicyclic) bond motifs is 2. The SMILES string of the molecule is Nc1nc(/C(=N/OCCF)C(=O)N[C@@H]2C(=O)N3C(C(=O)[O-])=C(C[n+]4cc5sccn5c4CNC=O)CS[C@H]23)cs1. The lowest BCUT2D eigenvalue weighted by Gasteiger charge is -2.50. The summed E-state index contributed by atoms with van der Waals surface area (Å²) in [4.78, 5) is 60.1. The quantitative estimate of drug-likeness (QED) is 0.0542. The highest BCUT2D eigenvalue weighted by Gasteiger charge is 2.53. The van der Waals surface area contributed by atoms with E-state index in [1.807, 2.05) is 26.7 Å². The number of hydrogen-bond acceptors (Lipinski definition) is 12. The monoisotopic (exact) mass is 608 g/mol. The molecule has 3 aromatic rings. The maximum absolute atomic E-state index is 13.1. The number of imidazole rings is 1. The molecule has 3 amide bonds. The number of carboxylic acid groups (broad SMARTS) is 1. The minimum Gasteiger partial charge on any atom is -0.543 e. The van der Waals surface area contributed by atoms with Crippen molar-refractivity contribution in [1.29, 1.82) is 0 Å². The van der Waals surface area contributed by atoms with Gasteiger partial charge in [0.1, 0.15) is 55.9 Å². The van der Waals surface area contributed by atoms with Crippen molar-refractivity contribution in [1.82, 2.24) is 24.9 Å². The van der Waals surface area contributed by atoms with Crippen LogP contribution in [0.25, 0.3) is 4.83 Å². The molecule has 0 saturated carbocycles. The predicted octanol–water partition coefficient (Wildman–Crippen LogP) is -1.63. The number of nitrogens with one attached hydrogen (secondary N) is 2. The van der Waals surface area contributed by atoms with Gasteiger partial charge in [0.25, 0.3) is 17.6 Å². The topological polar surface area (TPSA) is 187 Å². The van der Waals surface area contributed by atoms with Crippen molar-refractivity contribution in [3.05, 3.63) is 45.9 Å². The maximum Gasteiger partial charge on any atom is 0.282 e. The lowest BCUT2D eigenvalue weighted by molar-refractivity contribution is -0.695. The number of amides is 3. The molecule has 3 aromatic heterocycles. The number of anilines is 1. The second kappa shape index (κ2) is 11.6. The number of rotatable bonds is 12. The van der Waals surface area contributed by atoms with Crippen molar-refractivity contribution in [3.8, 4) is 0 Å². The van der Waals surface area contributed by atoms with Crippen LogP contribution in [0.1, 0.15) is 11.5 Å². The lowest BCUT2D eigenvalue weighted by atomic mass is 10.0. The van der Waals surface area contributed by atoms with Gasteiger partial charge in [0.2, 0.25) is 11.2 Å². The molecule has 18 heteroatoms. The maximum atomic E-state index is 13.1. The minimum atomic E-state index is -1.52. The molecule has 5 heterocycles. The van der Waals surface area contributed by atoms with Crippen molar-refractivity contribution >= 4 is 74.3 Å². The third kappa shape index (κ3) is 5.11. The molecule has 5 rings (SSSR count). The zero-order valence-corrected chi connectivity index (χ0v) is 22.9. The number of aliphatic carboxylic acids is 1. The molecule has 0 unspecified atom stereocenters. The van der Waals surface area contributed by atoms with Crippen LogP contribution in [0, 0.1) is 0 Å². The molecule has 210 valence electrons. The van der Waals surface area contributed by atoms with Crippen LogP contribution in [0.4, 0.5) is 9.52 Å². The summed E-state index contributed by atoms with van der Waals surface area (Å²) in [6, 6.07) is -1.06. The third-order valence-electron chi connectivity index (χ3n) is 6.05. The molecule has 1 saturated heterocycles. The third-order valence-corrected chi connectivity index (χ3v) is 8.86. The van der Waals surface area contributed by atoms with Crippen LogP contribution in [0.15, 0.2) is 39.6 Å². The summed E-state index contributed by atoms with van der Waals surface area (Å²) in [5.41, 5.74) is 5.61. The number of β-lactam (4-membered cyclic amide) rings is 1. The molecular weight excluding hydrogens is 587 g/mol. The Labute approximate surface area is 237 Å². The Hall–Kier alpha value is -4.03. The average molecular weight is 609 g/mol. The van der Waals surface area contributed by atoms with Crippen molar-refractivity contribution in [3.63, 3.8) is 0 Å². The molecule has 0 bridgehead atoms. The zero-order chi connectivity index (χ0) is 28.4. The Morgan fingerprint density at radius 1 is 1.40 bits per heavy atom. The summed E-state index contributed by atoms with van der Waals surface area (Å²) in [6.07, 6.45) is 4.24. The molecule has 1 fully saturated rings. The normalized spacial score (nSPS) is 18.9. The number of thiazole rings is 2. The number of carbonyl (C=O) groups is 4. The van der Waals surface area contributed by atoms with Crippen molar-refractivity contribution in [2.24, 2.45) is 5.16 Å². The Balaban J connectivity index is 1.37. The highest BCUT2D eigenvalue weighted by atomic mass is 32.2. The number of nitrogen functional groups attached to an aromatic ring is 1. The van der Waals surface area contributed by atoms with Crippen LogP contribution in [-0.4, -0.2) is 74.6 Å². The van der Waals surface area contributed by atoms with E-state index in [0.29, 0.717) is 17.8 Å². The smallest absolute Gasteiger partial charge is 0.282 e. The van der Waals surface area contributed by atoms with E-state index >= 15 is 0 Å². The lowest BCUT2D eigenvalue weighted by Crippen LogP contribution is -2.71. The summed E-state index contributed by atoms with van der Waals surface area (Å²) < 4.78 is 16.2. The van der Waals surface area contributed by atoms with Crippen LogP contribution in [0.5, 0.6) is 0 Å². The number of halogens is 1. The van der Waals surface area contributed by atoms with Crippen molar-refractivity contribution in [2.45, 2.75) is 24.5 Å². The van der Waals surface area contributed by atoms with E-state index in [-0.39, 0.29) is 41.1 Å². The number of thioether (sulfide) groups is 1. The number of oxime groups is 1. The molecule has 2 aliphatic rings. The Kier molecular flexibility index (Phi) is 7.99. The molecule has 0 aliphatic carbocycles. The van der Waals surface area contributed by atoms with E-state index < -0.39 is 42.5 Å². The zero-order valence-electron chi connectivity index (χ0n) is 20.4. The Morgan fingerprint density at radius 2 is 2.23 bits per heavy atom. The number of carboxylic acids is 1. The van der Waals surface area contributed by atoms with E-state index in [1.54, 1.807) is 0 Å². The first-order valence-electron chi connectivity index (χ1n) is 11.6. The van der Waals surface area contributed by atoms with Gasteiger partial charge in [0.15, 0.2) is 10.8 Å². The largest absolute Gasteiger partial charge is 0.543 e. The predicted molar refractivity (Wildman–Crippen MR) is 140 cm³/mol. The number of carbonyl (C=O) groups excluding carboxylic acids is 4. The van der Waals surface area contributed by atoms with Crippen LogP contribution in [-0.2, 0) is 37.1 Å². The summed E-state index contributed by atoms with van der Waals surface area (Å²) in [6.45, 7) is -0.874. The second-order valence-corrected chi connectivity index (χ2v) is 11.3. The van der Waals surface area contributed by atoms with E-state index in [1.165, 1.54) is 28.5 Å². The van der Waals surface area contributed by atoms with Crippen molar-refractivity contribution < 1.29 is 38.1 Å². The van der Waals surface area contributed by atoms with Gasteiger partial charge in [-0.25, -0.2) is 13.9 Å².